The van der Waals surface area contributed by atoms with Crippen LogP contribution in [0.1, 0.15) is 25.7 Å². The van der Waals surface area contributed by atoms with Gasteiger partial charge in [0.05, 0.1) is 5.02 Å². The van der Waals surface area contributed by atoms with Crippen LogP contribution in [0.25, 0.3) is 0 Å². The van der Waals surface area contributed by atoms with Crippen molar-refractivity contribution in [2.75, 3.05) is 11.9 Å². The molecule has 0 aromatic heterocycles. The zero-order valence-corrected chi connectivity index (χ0v) is 14.1. The molecule has 0 atom stereocenters. The molecule has 3 aliphatic rings. The van der Waals surface area contributed by atoms with Crippen LogP contribution >= 0.6 is 11.6 Å². The van der Waals surface area contributed by atoms with Crippen LogP contribution in [0, 0.1) is 17.7 Å². The molecule has 0 radical (unpaired) electrons. The van der Waals surface area contributed by atoms with E-state index < -0.39 is 29.8 Å². The van der Waals surface area contributed by atoms with Gasteiger partial charge in [-0.05, 0) is 55.7 Å². The van der Waals surface area contributed by atoms with Crippen molar-refractivity contribution in [3.63, 3.8) is 0 Å². The number of nitrogens with zero attached hydrogens (tertiary/aromatic N) is 1. The molecule has 8 heteroatoms. The third-order valence-electron chi connectivity index (χ3n) is 5.11. The average molecular weight is 366 g/mol. The van der Waals surface area contributed by atoms with E-state index in [2.05, 4.69) is 10.6 Å². The molecule has 2 saturated carbocycles. The van der Waals surface area contributed by atoms with E-state index >= 15 is 0 Å². The Hall–Kier alpha value is -2.15. The molecule has 1 aliphatic heterocycles. The number of halogens is 2. The van der Waals surface area contributed by atoms with Gasteiger partial charge in [-0.2, -0.15) is 0 Å². The number of urea groups is 1. The first kappa shape index (κ1) is 16.3. The summed E-state index contributed by atoms with van der Waals surface area (Å²) in [6.45, 7) is -0.393. The first-order chi connectivity index (χ1) is 11.9. The molecule has 2 aliphatic carbocycles. The highest BCUT2D eigenvalue weighted by molar-refractivity contribution is 6.30. The van der Waals surface area contributed by atoms with Crippen LogP contribution in [0.5, 0.6) is 0 Å². The molecule has 1 aromatic carbocycles. The molecule has 4 amide bonds. The summed E-state index contributed by atoms with van der Waals surface area (Å²) in [5.74, 6) is -1.17. The lowest BCUT2D eigenvalue weighted by Gasteiger charge is -2.26. The van der Waals surface area contributed by atoms with Crippen molar-refractivity contribution in [2.45, 2.75) is 31.2 Å². The molecule has 1 saturated heterocycles. The predicted molar refractivity (Wildman–Crippen MR) is 88.5 cm³/mol. The fraction of sp³-hybridized carbons (Fsp3) is 0.471. The molecular weight excluding hydrogens is 349 g/mol. The fourth-order valence-electron chi connectivity index (χ4n) is 3.64. The van der Waals surface area contributed by atoms with Crippen LogP contribution in [0.3, 0.4) is 0 Å². The molecule has 1 heterocycles. The second-order valence-electron chi connectivity index (χ2n) is 6.92. The van der Waals surface area contributed by atoms with Crippen LogP contribution < -0.4 is 10.6 Å². The molecule has 2 N–H and O–H groups in total. The molecule has 132 valence electrons. The molecule has 25 heavy (non-hydrogen) atoms. The van der Waals surface area contributed by atoms with Crippen molar-refractivity contribution < 1.29 is 18.8 Å². The van der Waals surface area contributed by atoms with E-state index in [0.29, 0.717) is 0 Å². The number of hydrogen-bond donors (Lipinski definition) is 2. The van der Waals surface area contributed by atoms with Crippen molar-refractivity contribution in [1.29, 1.82) is 0 Å². The molecular formula is C17H17ClFN3O3. The van der Waals surface area contributed by atoms with Crippen molar-refractivity contribution in [1.82, 2.24) is 10.2 Å². The minimum absolute atomic E-state index is 0.0502. The number of anilines is 1. The Morgan fingerprint density at radius 3 is 2.48 bits per heavy atom. The Kier molecular flexibility index (Phi) is 3.72. The summed E-state index contributed by atoms with van der Waals surface area (Å²) >= 11 is 5.60. The summed E-state index contributed by atoms with van der Waals surface area (Å²) in [4.78, 5) is 38.3. The van der Waals surface area contributed by atoms with Gasteiger partial charge in [-0.3, -0.25) is 14.5 Å². The molecule has 0 unspecified atom stereocenters. The number of amides is 4. The van der Waals surface area contributed by atoms with Gasteiger partial charge < -0.3 is 10.6 Å². The van der Waals surface area contributed by atoms with Gasteiger partial charge in [-0.25, -0.2) is 9.18 Å². The first-order valence-electron chi connectivity index (χ1n) is 8.31. The predicted octanol–water partition coefficient (Wildman–Crippen LogP) is 2.53. The summed E-state index contributed by atoms with van der Waals surface area (Å²) in [6.07, 6.45) is 3.69. The third kappa shape index (κ3) is 2.76. The van der Waals surface area contributed by atoms with Crippen molar-refractivity contribution in [2.24, 2.45) is 11.8 Å². The molecule has 4 rings (SSSR count). The van der Waals surface area contributed by atoms with Gasteiger partial charge in [-0.1, -0.05) is 11.6 Å². The maximum Gasteiger partial charge on any atom is 0.325 e. The Bertz CT molecular complexity index is 764. The van der Waals surface area contributed by atoms with Crippen molar-refractivity contribution in [3.05, 3.63) is 29.0 Å². The highest BCUT2D eigenvalue weighted by Crippen LogP contribution is 2.54. The van der Waals surface area contributed by atoms with Crippen LogP contribution in [-0.4, -0.2) is 34.8 Å². The highest BCUT2D eigenvalue weighted by Gasteiger charge is 2.65. The monoisotopic (exact) mass is 365 g/mol. The molecule has 6 nitrogen and oxygen atoms in total. The standard InChI is InChI=1S/C17H17ClFN3O3/c18-12-6-5-11(7-13(12)19)20-14(23)8-22-15(24)17(9-1-2-9,10-3-4-10)21-16(22)25/h5-7,9-10H,1-4,8H2,(H,20,23)(H,21,25). The number of hydrogen-bond acceptors (Lipinski definition) is 3. The maximum atomic E-state index is 13.4. The van der Waals surface area contributed by atoms with Crippen LogP contribution in [-0.2, 0) is 9.59 Å². The van der Waals surface area contributed by atoms with E-state index in [1.54, 1.807) is 0 Å². The van der Waals surface area contributed by atoms with E-state index in [-0.39, 0.29) is 28.5 Å². The molecule has 3 fully saturated rings. The van der Waals surface area contributed by atoms with Crippen LogP contribution in [0.15, 0.2) is 18.2 Å². The largest absolute Gasteiger partial charge is 0.325 e. The first-order valence-corrected chi connectivity index (χ1v) is 8.68. The number of benzene rings is 1. The fourth-order valence-corrected chi connectivity index (χ4v) is 3.76. The van der Waals surface area contributed by atoms with Gasteiger partial charge in [0.25, 0.3) is 5.91 Å². The van der Waals surface area contributed by atoms with Gasteiger partial charge in [0.15, 0.2) is 0 Å². The Labute approximate surface area is 148 Å². The second kappa shape index (κ2) is 5.69. The Morgan fingerprint density at radius 1 is 1.28 bits per heavy atom. The van der Waals surface area contributed by atoms with E-state index in [9.17, 15) is 18.8 Å². The highest BCUT2D eigenvalue weighted by atomic mass is 35.5. The maximum absolute atomic E-state index is 13.4. The topological polar surface area (TPSA) is 78.5 Å². The van der Waals surface area contributed by atoms with Crippen molar-refractivity contribution in [3.8, 4) is 0 Å². The summed E-state index contributed by atoms with van der Waals surface area (Å²) < 4.78 is 13.4. The average Bonchev–Trinajstić information content (AvgIpc) is 3.46. The zero-order valence-electron chi connectivity index (χ0n) is 13.4. The number of carbonyl (C=O) groups is 3. The zero-order chi connectivity index (χ0) is 17.8. The summed E-state index contributed by atoms with van der Waals surface area (Å²) in [6, 6.07) is 3.34. The lowest BCUT2D eigenvalue weighted by Crippen LogP contribution is -2.51. The molecule has 0 spiro atoms. The van der Waals surface area contributed by atoms with E-state index in [1.807, 2.05) is 0 Å². The second-order valence-corrected chi connectivity index (χ2v) is 7.32. The number of imide groups is 1. The number of rotatable bonds is 5. The van der Waals surface area contributed by atoms with Crippen LogP contribution in [0.4, 0.5) is 14.9 Å². The van der Waals surface area contributed by atoms with Gasteiger partial charge in [0.2, 0.25) is 5.91 Å². The summed E-state index contributed by atoms with van der Waals surface area (Å²) in [7, 11) is 0. The summed E-state index contributed by atoms with van der Waals surface area (Å²) in [5.41, 5.74) is -0.599. The van der Waals surface area contributed by atoms with Gasteiger partial charge >= 0.3 is 6.03 Å². The van der Waals surface area contributed by atoms with E-state index in [4.69, 9.17) is 11.6 Å². The lowest BCUT2D eigenvalue weighted by molar-refractivity contribution is -0.135. The molecule has 0 bridgehead atoms. The third-order valence-corrected chi connectivity index (χ3v) is 5.41. The van der Waals surface area contributed by atoms with Crippen molar-refractivity contribution >= 4 is 35.1 Å². The minimum atomic E-state index is -0.816. The van der Waals surface area contributed by atoms with E-state index in [0.717, 1.165) is 36.6 Å². The smallest absolute Gasteiger partial charge is 0.324 e. The Balaban J connectivity index is 1.46. The van der Waals surface area contributed by atoms with Gasteiger partial charge in [-0.15, -0.1) is 0 Å². The molecule has 1 aromatic rings. The van der Waals surface area contributed by atoms with Gasteiger partial charge in [0.1, 0.15) is 17.9 Å². The number of nitrogens with one attached hydrogen (secondary N) is 2. The quantitative estimate of drug-likeness (QED) is 0.787. The minimum Gasteiger partial charge on any atom is -0.324 e. The van der Waals surface area contributed by atoms with Crippen LogP contribution in [0.2, 0.25) is 5.02 Å². The van der Waals surface area contributed by atoms with Gasteiger partial charge in [0, 0.05) is 5.69 Å². The van der Waals surface area contributed by atoms with E-state index in [1.165, 1.54) is 12.1 Å². The summed E-state index contributed by atoms with van der Waals surface area (Å²) in [5, 5.41) is 5.29. The normalized spacial score (nSPS) is 22.1. The number of carbonyl (C=O) groups excluding carboxylic acids is 3. The lowest BCUT2D eigenvalue weighted by atomic mass is 9.87. The SMILES string of the molecule is O=C(CN1C(=O)NC(C2CC2)(C2CC2)C1=O)Nc1ccc(Cl)c(F)c1. The Morgan fingerprint density at radius 2 is 1.92 bits per heavy atom.